The van der Waals surface area contributed by atoms with Crippen LogP contribution in [0.5, 0.6) is 0 Å². The van der Waals surface area contributed by atoms with E-state index in [1.54, 1.807) is 0 Å². The van der Waals surface area contributed by atoms with Crippen LogP contribution in [0.4, 0.5) is 74.6 Å². The van der Waals surface area contributed by atoms with Gasteiger partial charge in [0.05, 0.1) is 6.61 Å². The lowest BCUT2D eigenvalue weighted by Crippen LogP contribution is -2.74. The molecule has 54 heavy (non-hydrogen) atoms. The summed E-state index contributed by atoms with van der Waals surface area (Å²) in [6, 6.07) is 0. The molecule has 2 heterocycles. The molecule has 2 aliphatic heterocycles. The number of carbonyl (C=O) groups is 1. The van der Waals surface area contributed by atoms with Crippen LogP contribution in [0.3, 0.4) is 0 Å². The Morgan fingerprint density at radius 2 is 0.907 bits per heavy atom. The summed E-state index contributed by atoms with van der Waals surface area (Å²) in [5.74, 6) is -58.9. The van der Waals surface area contributed by atoms with Crippen molar-refractivity contribution >= 4 is 5.97 Å². The van der Waals surface area contributed by atoms with Gasteiger partial charge in [0.25, 0.3) is 0 Å². The minimum atomic E-state index is -8.76. The van der Waals surface area contributed by atoms with Crippen molar-refractivity contribution < 1.29 is 134 Å². The maximum Gasteiger partial charge on any atom is 0.460 e. The summed E-state index contributed by atoms with van der Waals surface area (Å²) < 4.78 is 247. The Hall–Kier alpha value is -2.12. The molecule has 0 aromatic heterocycles. The van der Waals surface area contributed by atoms with E-state index in [9.17, 15) is 115 Å². The molecular formula is C25H29F17O12. The van der Waals surface area contributed by atoms with Crippen LogP contribution >= 0.6 is 0 Å². The van der Waals surface area contributed by atoms with E-state index in [4.69, 9.17) is 14.2 Å². The fourth-order valence-corrected chi connectivity index (χ4v) is 4.70. The zero-order valence-electron chi connectivity index (χ0n) is 26.1. The summed E-state index contributed by atoms with van der Waals surface area (Å²) in [5.41, 5.74) is 0. The molecule has 2 aliphatic rings. The van der Waals surface area contributed by atoms with Crippen LogP contribution in [0.25, 0.3) is 0 Å². The summed E-state index contributed by atoms with van der Waals surface area (Å²) in [7, 11) is 0. The lowest BCUT2D eigenvalue weighted by atomic mass is 9.88. The van der Waals surface area contributed by atoms with E-state index in [-0.39, 0.29) is 0 Å². The monoisotopic (exact) mass is 844 g/mol. The van der Waals surface area contributed by atoms with E-state index in [2.05, 4.69) is 4.74 Å². The third-order valence-electron chi connectivity index (χ3n) is 8.10. The number of ether oxygens (including phenoxy) is 4. The van der Waals surface area contributed by atoms with Gasteiger partial charge in [-0.3, -0.25) is 4.79 Å². The summed E-state index contributed by atoms with van der Waals surface area (Å²) >= 11 is 0. The minimum Gasteiger partial charge on any atom is -0.463 e. The predicted molar refractivity (Wildman–Crippen MR) is 132 cm³/mol. The van der Waals surface area contributed by atoms with E-state index in [0.29, 0.717) is 0 Å². The van der Waals surface area contributed by atoms with Crippen LogP contribution in [-0.2, 0) is 23.7 Å². The second-order valence-electron chi connectivity index (χ2n) is 11.9. The van der Waals surface area contributed by atoms with Gasteiger partial charge in [-0.1, -0.05) is 0 Å². The highest BCUT2D eigenvalue weighted by atomic mass is 19.4. The molecular weight excluding hydrogens is 815 g/mol. The average Bonchev–Trinajstić information content (AvgIpc) is 3.05. The van der Waals surface area contributed by atoms with Gasteiger partial charge in [0.2, 0.25) is 0 Å². The van der Waals surface area contributed by atoms with Crippen molar-refractivity contribution in [2.75, 3.05) is 13.2 Å². The van der Waals surface area contributed by atoms with Gasteiger partial charge in [-0.05, 0) is 12.8 Å². The molecule has 0 radical (unpaired) electrons. The van der Waals surface area contributed by atoms with Gasteiger partial charge >= 0.3 is 53.6 Å². The molecule has 2 saturated heterocycles. The first-order valence-corrected chi connectivity index (χ1v) is 14.6. The Morgan fingerprint density at radius 1 is 0.519 bits per heavy atom. The normalized spacial score (nSPS) is 31.4. The number of halogens is 17. The van der Waals surface area contributed by atoms with Crippen LogP contribution < -0.4 is 0 Å². The first-order chi connectivity index (χ1) is 24.1. The van der Waals surface area contributed by atoms with Gasteiger partial charge in [-0.15, -0.1) is 0 Å². The molecule has 29 heteroatoms. The highest BCUT2D eigenvalue weighted by Gasteiger charge is 2.95. The predicted octanol–water partition coefficient (Wildman–Crippen LogP) is 1.72. The van der Waals surface area contributed by atoms with Crippen molar-refractivity contribution in [2.45, 2.75) is 135 Å². The van der Waals surface area contributed by atoms with Crippen LogP contribution in [0.1, 0.15) is 25.7 Å². The molecule has 320 valence electrons. The van der Waals surface area contributed by atoms with Gasteiger partial charge in [-0.25, -0.2) is 0 Å². The Balaban J connectivity index is 2.05. The van der Waals surface area contributed by atoms with Gasteiger partial charge in [0.1, 0.15) is 55.4 Å². The highest BCUT2D eigenvalue weighted by Crippen LogP contribution is 2.64. The molecule has 2 rings (SSSR count). The number of hydrogen-bond donors (Lipinski definition) is 7. The van der Waals surface area contributed by atoms with Gasteiger partial charge in [-0.2, -0.15) is 74.6 Å². The van der Waals surface area contributed by atoms with E-state index in [1.807, 2.05) is 0 Å². The Kier molecular flexibility index (Phi) is 14.3. The molecule has 7 N–H and O–H groups in total. The first kappa shape index (κ1) is 48.0. The molecule has 0 bridgehead atoms. The number of aliphatic hydroxyl groups excluding tert-OH is 7. The first-order valence-electron chi connectivity index (χ1n) is 14.6. The Morgan fingerprint density at radius 3 is 1.33 bits per heavy atom. The van der Waals surface area contributed by atoms with E-state index in [0.717, 1.165) is 0 Å². The summed E-state index contributed by atoms with van der Waals surface area (Å²) in [4.78, 5) is 12.0. The van der Waals surface area contributed by atoms with Crippen molar-refractivity contribution in [3.8, 4) is 0 Å². The number of unbranched alkanes of at least 4 members (excludes halogenated alkanes) is 1. The van der Waals surface area contributed by atoms with Crippen LogP contribution in [0.2, 0.25) is 0 Å². The lowest BCUT2D eigenvalue weighted by molar-refractivity contribution is -0.461. The number of rotatable bonds is 16. The van der Waals surface area contributed by atoms with Crippen LogP contribution in [-0.4, -0.2) is 164 Å². The summed E-state index contributed by atoms with van der Waals surface area (Å²) in [5, 5.41) is 69.3. The average molecular weight is 844 g/mol. The van der Waals surface area contributed by atoms with Crippen LogP contribution in [0.15, 0.2) is 0 Å². The maximum atomic E-state index is 14.1. The fourth-order valence-electron chi connectivity index (χ4n) is 4.70. The molecule has 0 aromatic rings. The molecule has 0 spiro atoms. The highest BCUT2D eigenvalue weighted by molar-refractivity contribution is 5.69. The molecule has 0 aliphatic carbocycles. The van der Waals surface area contributed by atoms with E-state index >= 15 is 0 Å². The standard InChI is InChI=1S/C25H29F17O12/c26-18(27,19(28,29)20(30,31)21(32,33)22(34,35)23(36,37)24(38,39)25(40,41)42)4-2-1-3-9(44)51-6-8-11(46)13(48)15(50)17(53-8)54-16-14(49)12(47)10(45)7(5-43)52-16/h7-8,10-17,43,45-50H,1-6H2/t7-,8-,10-,11-,12+,13+,14-,15-,16-,17-/m1/s1. The zero-order valence-corrected chi connectivity index (χ0v) is 26.1. The number of aliphatic hydroxyl groups is 7. The minimum absolute atomic E-state index is 0.945. The molecule has 10 atom stereocenters. The fraction of sp³-hybridized carbons (Fsp3) is 0.960. The Bertz CT molecular complexity index is 1270. The molecule has 0 aromatic carbocycles. The summed E-state index contributed by atoms with van der Waals surface area (Å²) in [6.07, 6.45) is -34.7. The van der Waals surface area contributed by atoms with Crippen molar-refractivity contribution in [1.29, 1.82) is 0 Å². The topological polar surface area (TPSA) is 196 Å². The molecule has 12 nitrogen and oxygen atoms in total. The number of esters is 1. The van der Waals surface area contributed by atoms with E-state index in [1.165, 1.54) is 0 Å². The van der Waals surface area contributed by atoms with Gasteiger partial charge in [0, 0.05) is 12.8 Å². The van der Waals surface area contributed by atoms with Crippen molar-refractivity contribution in [3.63, 3.8) is 0 Å². The maximum absolute atomic E-state index is 14.1. The van der Waals surface area contributed by atoms with Crippen molar-refractivity contribution in [2.24, 2.45) is 0 Å². The van der Waals surface area contributed by atoms with Crippen molar-refractivity contribution in [3.05, 3.63) is 0 Å². The van der Waals surface area contributed by atoms with Crippen molar-refractivity contribution in [1.82, 2.24) is 0 Å². The largest absolute Gasteiger partial charge is 0.463 e. The van der Waals surface area contributed by atoms with E-state index < -0.39 is 154 Å². The smallest absolute Gasteiger partial charge is 0.460 e. The number of hydrogen-bond acceptors (Lipinski definition) is 12. The number of alkyl halides is 17. The number of carbonyl (C=O) groups excluding carboxylic acids is 1. The summed E-state index contributed by atoms with van der Waals surface area (Å²) in [6.45, 7) is -2.10. The molecule has 0 saturated carbocycles. The quantitative estimate of drug-likeness (QED) is 0.0677. The molecule has 0 amide bonds. The van der Waals surface area contributed by atoms with Crippen LogP contribution in [0, 0.1) is 0 Å². The second kappa shape index (κ2) is 16.0. The Labute approximate surface area is 288 Å². The molecule has 0 unspecified atom stereocenters. The lowest BCUT2D eigenvalue weighted by Gasteiger charge is -2.44. The zero-order chi connectivity index (χ0) is 42.4. The third-order valence-corrected chi connectivity index (χ3v) is 8.10. The second-order valence-corrected chi connectivity index (χ2v) is 11.9. The SMILES string of the molecule is O=C(CCCCC(F)(F)C(F)(F)C(F)(F)C(F)(F)C(F)(F)C(F)(F)C(F)(F)C(F)(F)F)OC[C@H]1O[C@H](O[C@H]2O[C@H](CO)[C@@H](O)[C@H](O)[C@H]2O)[C@H](O)[C@@H](O)[C@@H]1O. The molecule has 2 fully saturated rings. The van der Waals surface area contributed by atoms with Gasteiger partial charge in [0.15, 0.2) is 12.6 Å². The van der Waals surface area contributed by atoms with Gasteiger partial charge < -0.3 is 54.7 Å². The third kappa shape index (κ3) is 8.29.